The van der Waals surface area contributed by atoms with Crippen LogP contribution in [-0.2, 0) is 23.8 Å². The highest BCUT2D eigenvalue weighted by molar-refractivity contribution is 5.91. The molecular formula is C20H26O5. The molecule has 3 rings (SSSR count). The lowest BCUT2D eigenvalue weighted by molar-refractivity contribution is -0.148. The van der Waals surface area contributed by atoms with E-state index in [2.05, 4.69) is 12.7 Å². The Balaban J connectivity index is 1.94. The van der Waals surface area contributed by atoms with Gasteiger partial charge in [-0.3, -0.25) is 0 Å². The first-order valence-corrected chi connectivity index (χ1v) is 8.84. The molecule has 0 N–H and O–H groups in total. The number of carbonyl (C=O) groups is 2. The fourth-order valence-corrected chi connectivity index (χ4v) is 3.76. The number of hydrogen-bond acceptors (Lipinski definition) is 5. The van der Waals surface area contributed by atoms with Gasteiger partial charge in [0, 0.05) is 17.6 Å². The molecule has 0 radical (unpaired) electrons. The number of hydrogen-bond donors (Lipinski definition) is 0. The van der Waals surface area contributed by atoms with Crippen molar-refractivity contribution >= 4 is 11.9 Å². The van der Waals surface area contributed by atoms with Crippen molar-refractivity contribution < 1.29 is 23.8 Å². The molecule has 0 unspecified atom stereocenters. The quantitative estimate of drug-likeness (QED) is 0.332. The maximum Gasteiger partial charge on any atom is 0.334 e. The van der Waals surface area contributed by atoms with Crippen LogP contribution in [0.4, 0.5) is 0 Å². The van der Waals surface area contributed by atoms with Crippen LogP contribution in [0, 0.1) is 5.92 Å². The van der Waals surface area contributed by atoms with Gasteiger partial charge in [-0.1, -0.05) is 24.3 Å². The fourth-order valence-electron chi connectivity index (χ4n) is 3.76. The Morgan fingerprint density at radius 3 is 2.88 bits per heavy atom. The summed E-state index contributed by atoms with van der Waals surface area (Å²) in [6.07, 6.45) is 5.10. The molecule has 5 nitrogen and oxygen atoms in total. The molecule has 0 aromatic heterocycles. The average Bonchev–Trinajstić information content (AvgIpc) is 3.13. The molecule has 0 bridgehead atoms. The van der Waals surface area contributed by atoms with Crippen LogP contribution in [-0.4, -0.2) is 35.9 Å². The second kappa shape index (κ2) is 6.45. The molecule has 0 aromatic carbocycles. The predicted octanol–water partition coefficient (Wildman–Crippen LogP) is 3.25. The third kappa shape index (κ3) is 3.30. The van der Waals surface area contributed by atoms with Crippen LogP contribution in [0.2, 0.25) is 0 Å². The second-order valence-electron chi connectivity index (χ2n) is 7.48. The molecule has 2 saturated heterocycles. The Labute approximate surface area is 148 Å². The van der Waals surface area contributed by atoms with Gasteiger partial charge in [-0.25, -0.2) is 9.59 Å². The summed E-state index contributed by atoms with van der Waals surface area (Å²) < 4.78 is 17.3. The maximum absolute atomic E-state index is 12.3. The molecule has 0 aromatic rings. The SMILES string of the molecule is C=C1C(=O)O[C@H]2[C@@H]1[C@H](OC(=O)/C(C)=C/C)C/C(C)=C/CC[C@@]1(C)O[C@@H]21. The van der Waals surface area contributed by atoms with Gasteiger partial charge in [0.25, 0.3) is 0 Å². The molecule has 136 valence electrons. The van der Waals surface area contributed by atoms with Crippen molar-refractivity contribution in [1.29, 1.82) is 0 Å². The summed E-state index contributed by atoms with van der Waals surface area (Å²) in [4.78, 5) is 24.5. The molecule has 3 aliphatic rings. The number of fused-ring (bicyclic) bond motifs is 3. The van der Waals surface area contributed by atoms with Crippen LogP contribution in [0.5, 0.6) is 0 Å². The molecule has 0 saturated carbocycles. The van der Waals surface area contributed by atoms with Gasteiger partial charge < -0.3 is 14.2 Å². The number of rotatable bonds is 2. The standard InChI is InChI=1S/C20H26O5/c1-6-12(3)18(21)23-14-10-11(2)8-7-9-20(5)17(25-20)16-15(14)13(4)19(22)24-16/h6,8,14-17H,4,7,9-10H2,1-3,5H3/b11-8+,12-6+/t14-,15+,16+,17+,20-/m1/s1. The van der Waals surface area contributed by atoms with Crippen molar-refractivity contribution in [3.05, 3.63) is 35.5 Å². The van der Waals surface area contributed by atoms with Gasteiger partial charge in [0.1, 0.15) is 18.3 Å². The van der Waals surface area contributed by atoms with Crippen LogP contribution in [0.3, 0.4) is 0 Å². The molecule has 5 heteroatoms. The van der Waals surface area contributed by atoms with E-state index in [9.17, 15) is 9.59 Å². The van der Waals surface area contributed by atoms with E-state index in [1.165, 1.54) is 0 Å². The Hall–Kier alpha value is -1.88. The maximum atomic E-state index is 12.3. The molecular weight excluding hydrogens is 320 g/mol. The summed E-state index contributed by atoms with van der Waals surface area (Å²) >= 11 is 0. The lowest BCUT2D eigenvalue weighted by atomic mass is 9.82. The molecule has 2 fully saturated rings. The number of allylic oxidation sites excluding steroid dienone is 2. The Bertz CT molecular complexity index is 674. The minimum absolute atomic E-state index is 0.170. The molecule has 2 heterocycles. The van der Waals surface area contributed by atoms with Crippen LogP contribution in [0.15, 0.2) is 35.5 Å². The first-order valence-electron chi connectivity index (χ1n) is 8.84. The summed E-state index contributed by atoms with van der Waals surface area (Å²) in [5, 5.41) is 0. The van der Waals surface area contributed by atoms with Gasteiger partial charge in [0.05, 0.1) is 11.5 Å². The third-order valence-electron chi connectivity index (χ3n) is 5.57. The van der Waals surface area contributed by atoms with E-state index >= 15 is 0 Å². The van der Waals surface area contributed by atoms with E-state index in [1.54, 1.807) is 19.9 Å². The molecule has 5 atom stereocenters. The minimum atomic E-state index is -0.492. The lowest BCUT2D eigenvalue weighted by Gasteiger charge is -2.28. The zero-order valence-corrected chi connectivity index (χ0v) is 15.3. The van der Waals surface area contributed by atoms with E-state index in [0.717, 1.165) is 18.4 Å². The van der Waals surface area contributed by atoms with Crippen LogP contribution in [0.1, 0.15) is 47.0 Å². The van der Waals surface area contributed by atoms with Gasteiger partial charge in [-0.05, 0) is 40.5 Å². The summed E-state index contributed by atoms with van der Waals surface area (Å²) in [5.74, 6) is -1.17. The van der Waals surface area contributed by atoms with Crippen molar-refractivity contribution in [2.24, 2.45) is 5.92 Å². The molecule has 2 aliphatic heterocycles. The number of esters is 2. The number of epoxide rings is 1. The summed E-state index contributed by atoms with van der Waals surface area (Å²) in [7, 11) is 0. The highest BCUT2D eigenvalue weighted by Crippen LogP contribution is 2.50. The Morgan fingerprint density at radius 1 is 1.48 bits per heavy atom. The van der Waals surface area contributed by atoms with Crippen LogP contribution in [0.25, 0.3) is 0 Å². The Morgan fingerprint density at radius 2 is 2.20 bits per heavy atom. The van der Waals surface area contributed by atoms with Crippen molar-refractivity contribution in [2.45, 2.75) is 70.9 Å². The number of carbonyl (C=O) groups excluding carboxylic acids is 2. The van der Waals surface area contributed by atoms with Gasteiger partial charge in [0.15, 0.2) is 0 Å². The first kappa shape index (κ1) is 17.9. The van der Waals surface area contributed by atoms with E-state index in [1.807, 2.05) is 13.8 Å². The fraction of sp³-hybridized carbons (Fsp3) is 0.600. The highest BCUT2D eigenvalue weighted by atomic mass is 16.6. The minimum Gasteiger partial charge on any atom is -0.458 e. The van der Waals surface area contributed by atoms with Crippen molar-refractivity contribution in [2.75, 3.05) is 0 Å². The summed E-state index contributed by atoms with van der Waals surface area (Å²) in [5.41, 5.74) is 1.74. The largest absolute Gasteiger partial charge is 0.458 e. The van der Waals surface area contributed by atoms with Gasteiger partial charge >= 0.3 is 11.9 Å². The van der Waals surface area contributed by atoms with E-state index in [4.69, 9.17) is 14.2 Å². The molecule has 0 amide bonds. The molecule has 1 aliphatic carbocycles. The van der Waals surface area contributed by atoms with E-state index in [-0.39, 0.29) is 23.6 Å². The summed E-state index contributed by atoms with van der Waals surface area (Å²) in [6, 6.07) is 0. The van der Waals surface area contributed by atoms with Crippen molar-refractivity contribution in [3.63, 3.8) is 0 Å². The van der Waals surface area contributed by atoms with E-state index < -0.39 is 18.2 Å². The monoisotopic (exact) mass is 346 g/mol. The zero-order chi connectivity index (χ0) is 18.4. The van der Waals surface area contributed by atoms with Gasteiger partial charge in [-0.2, -0.15) is 0 Å². The highest BCUT2D eigenvalue weighted by Gasteiger charge is 2.63. The Kier molecular flexibility index (Phi) is 4.62. The zero-order valence-electron chi connectivity index (χ0n) is 15.3. The van der Waals surface area contributed by atoms with Crippen molar-refractivity contribution in [3.8, 4) is 0 Å². The second-order valence-corrected chi connectivity index (χ2v) is 7.48. The first-order chi connectivity index (χ1) is 11.8. The lowest BCUT2D eigenvalue weighted by Crippen LogP contribution is -2.38. The predicted molar refractivity (Wildman–Crippen MR) is 92.7 cm³/mol. The summed E-state index contributed by atoms with van der Waals surface area (Å²) in [6.45, 7) is 11.5. The smallest absolute Gasteiger partial charge is 0.334 e. The molecule has 0 spiro atoms. The van der Waals surface area contributed by atoms with Crippen molar-refractivity contribution in [1.82, 2.24) is 0 Å². The van der Waals surface area contributed by atoms with Crippen LogP contribution < -0.4 is 0 Å². The number of ether oxygens (including phenoxy) is 3. The van der Waals surface area contributed by atoms with E-state index in [0.29, 0.717) is 17.6 Å². The normalized spacial score (nSPS) is 40.3. The van der Waals surface area contributed by atoms with Gasteiger partial charge in [-0.15, -0.1) is 0 Å². The topological polar surface area (TPSA) is 65.1 Å². The van der Waals surface area contributed by atoms with Gasteiger partial charge in [0.2, 0.25) is 0 Å². The van der Waals surface area contributed by atoms with Crippen LogP contribution >= 0.6 is 0 Å². The molecule has 25 heavy (non-hydrogen) atoms. The average molecular weight is 346 g/mol. The third-order valence-corrected chi connectivity index (χ3v) is 5.57.